The highest BCUT2D eigenvalue weighted by Crippen LogP contribution is 2.38. The summed E-state index contributed by atoms with van der Waals surface area (Å²) in [5.41, 5.74) is 0. The van der Waals surface area contributed by atoms with Gasteiger partial charge in [0.05, 0.1) is 74.1 Å². The van der Waals surface area contributed by atoms with Crippen LogP contribution in [0.1, 0.15) is 90.9 Å². The number of ether oxygens (including phenoxy) is 4. The van der Waals surface area contributed by atoms with E-state index in [0.29, 0.717) is 0 Å². The van der Waals surface area contributed by atoms with Gasteiger partial charge in [0.25, 0.3) is 0 Å². The first kappa shape index (κ1) is 53.2. The fourth-order valence-corrected chi connectivity index (χ4v) is 7.62. The smallest absolute Gasteiger partial charge is 0.311 e. The number of aliphatic hydroxyl groups is 10. The molecule has 2 bridgehead atoms. The van der Waals surface area contributed by atoms with Crippen molar-refractivity contribution in [2.75, 3.05) is 6.61 Å². The van der Waals surface area contributed by atoms with E-state index in [0.717, 1.165) is 12.8 Å². The third-order valence-corrected chi connectivity index (χ3v) is 11.0. The Morgan fingerprint density at radius 1 is 0.661 bits per heavy atom. The van der Waals surface area contributed by atoms with Crippen molar-refractivity contribution in [3.05, 3.63) is 72.9 Å². The zero-order valence-electron chi connectivity index (χ0n) is 35.6. The van der Waals surface area contributed by atoms with Crippen LogP contribution in [0.2, 0.25) is 0 Å². The lowest BCUT2D eigenvalue weighted by atomic mass is 9.82. The number of fused-ring (bicyclic) bond motifs is 2. The summed E-state index contributed by atoms with van der Waals surface area (Å²) < 4.78 is 22.8. The van der Waals surface area contributed by atoms with E-state index in [1.807, 2.05) is 49.5 Å². The van der Waals surface area contributed by atoms with Gasteiger partial charge in [0.1, 0.15) is 18.1 Å². The lowest BCUT2D eigenvalue weighted by molar-refractivity contribution is -0.305. The van der Waals surface area contributed by atoms with E-state index in [1.54, 1.807) is 37.3 Å². The minimum absolute atomic E-state index is 0.0351. The number of allylic oxidation sites excluding steroid dienone is 10. The van der Waals surface area contributed by atoms with E-state index < -0.39 is 129 Å². The molecule has 3 rings (SSSR count). The first-order valence-corrected chi connectivity index (χ1v) is 21.6. The molecule has 352 valence electrons. The molecule has 17 nitrogen and oxygen atoms in total. The number of aliphatic carboxylic acids is 1. The minimum Gasteiger partial charge on any atom is -0.481 e. The highest BCUT2D eigenvalue weighted by molar-refractivity contribution is 5.71. The standard InChI is InChI=1S/C45H70O17/c1-28-15-13-11-9-7-5-3-4-6-8-10-12-14-16-34(61-44-38(53)22-33(49)27-59-44)24-40-42(43(56)57)39(54)26-45(58,62-40)25-32(48)21-37(52)35(50)18-17-30(46)20-31(47)23-41(55)60-29(2)19-36(28)51/h3-4,6,8-16,28-40,42,44,46-54,58H,5,7,17-27H2,1-2H3,(H,56,57)/b4-3+,8-6+,11-9+,12-10+,15-13+,16-14+/t28-,29-,30+,31+,32-,33-,34-,35+,36-,37+,38-,39-,40-,42+,44-,45+/m0/s1. The molecule has 0 amide bonds. The molecule has 0 aliphatic carbocycles. The topological polar surface area (TPSA) is 294 Å². The average molecular weight is 883 g/mol. The van der Waals surface area contributed by atoms with Gasteiger partial charge < -0.3 is 75.1 Å². The van der Waals surface area contributed by atoms with E-state index in [1.165, 1.54) is 0 Å². The normalized spacial score (nSPS) is 43.2. The lowest BCUT2D eigenvalue weighted by Crippen LogP contribution is -2.56. The van der Waals surface area contributed by atoms with E-state index in [9.17, 15) is 65.8 Å². The zero-order chi connectivity index (χ0) is 45.8. The molecule has 0 radical (unpaired) electrons. The van der Waals surface area contributed by atoms with Crippen molar-refractivity contribution in [1.29, 1.82) is 0 Å². The van der Waals surface area contributed by atoms with Gasteiger partial charge in [-0.25, -0.2) is 0 Å². The van der Waals surface area contributed by atoms with E-state index in [2.05, 4.69) is 0 Å². The molecule has 3 aliphatic rings. The molecule has 0 aromatic rings. The monoisotopic (exact) mass is 882 g/mol. The molecule has 0 unspecified atom stereocenters. The predicted molar refractivity (Wildman–Crippen MR) is 225 cm³/mol. The molecule has 62 heavy (non-hydrogen) atoms. The zero-order valence-corrected chi connectivity index (χ0v) is 35.6. The Labute approximate surface area is 363 Å². The van der Waals surface area contributed by atoms with Gasteiger partial charge >= 0.3 is 11.9 Å². The van der Waals surface area contributed by atoms with Crippen molar-refractivity contribution in [1.82, 2.24) is 0 Å². The molecule has 3 heterocycles. The number of aliphatic hydroxyl groups excluding tert-OH is 9. The third kappa shape index (κ3) is 19.7. The molecular weight excluding hydrogens is 812 g/mol. The molecule has 0 saturated carbocycles. The number of cyclic esters (lactones) is 1. The second kappa shape index (κ2) is 27.2. The number of hydrogen-bond acceptors (Lipinski definition) is 16. The van der Waals surface area contributed by atoms with Crippen molar-refractivity contribution >= 4 is 11.9 Å². The lowest BCUT2D eigenvalue weighted by Gasteiger charge is -2.44. The number of carboxylic acid groups (broad SMARTS) is 1. The number of carbonyl (C=O) groups excluding carboxylic acids is 1. The van der Waals surface area contributed by atoms with Crippen LogP contribution in [0.3, 0.4) is 0 Å². The van der Waals surface area contributed by atoms with Crippen LogP contribution in [0.25, 0.3) is 0 Å². The summed E-state index contributed by atoms with van der Waals surface area (Å²) in [6, 6.07) is 0. The van der Waals surface area contributed by atoms with Crippen LogP contribution in [-0.2, 0) is 28.5 Å². The molecule has 17 heteroatoms. The fraction of sp³-hybridized carbons (Fsp3) is 0.689. The maximum atomic E-state index is 12.5. The van der Waals surface area contributed by atoms with Gasteiger partial charge in [-0.1, -0.05) is 79.8 Å². The van der Waals surface area contributed by atoms with Crippen molar-refractivity contribution in [3.8, 4) is 0 Å². The minimum atomic E-state index is -2.29. The van der Waals surface area contributed by atoms with Crippen molar-refractivity contribution in [2.45, 2.75) is 176 Å². The third-order valence-electron chi connectivity index (χ3n) is 11.0. The molecule has 0 aromatic carbocycles. The van der Waals surface area contributed by atoms with Crippen LogP contribution in [0, 0.1) is 11.8 Å². The number of rotatable bonds is 3. The second-order valence-corrected chi connectivity index (χ2v) is 16.8. The molecule has 2 fully saturated rings. The van der Waals surface area contributed by atoms with E-state index in [4.69, 9.17) is 18.9 Å². The molecule has 3 aliphatic heterocycles. The van der Waals surface area contributed by atoms with Gasteiger partial charge in [0.2, 0.25) is 0 Å². The van der Waals surface area contributed by atoms with Gasteiger partial charge in [0, 0.05) is 44.4 Å². The second-order valence-electron chi connectivity index (χ2n) is 16.8. The highest BCUT2D eigenvalue weighted by atomic mass is 16.7. The first-order valence-electron chi connectivity index (χ1n) is 21.6. The van der Waals surface area contributed by atoms with Crippen molar-refractivity contribution < 1.29 is 84.7 Å². The SMILES string of the molecule is C[C@H]1C[C@H](O)[C@@H](C)/C=C/C=C/CC/C=C/C=C/C=C/C=C/[C@H](O[C@@H]2OC[C@@H](O)C[C@@H]2O)C[C@@H]2O[C@](O)(C[C@@H](O)C[C@@H](O)[C@H](O)CC[C@@H](O)C[C@@H](O)CC(=O)O1)C[C@H](O)[C@H]2C(=O)O. The maximum Gasteiger partial charge on any atom is 0.311 e. The van der Waals surface area contributed by atoms with Crippen LogP contribution in [-0.4, -0.2) is 160 Å². The summed E-state index contributed by atoms with van der Waals surface area (Å²) in [5, 5.41) is 117. The summed E-state index contributed by atoms with van der Waals surface area (Å²) in [5.74, 6) is -6.20. The molecule has 0 spiro atoms. The molecule has 2 saturated heterocycles. The van der Waals surface area contributed by atoms with Gasteiger partial charge in [-0.15, -0.1) is 0 Å². The summed E-state index contributed by atoms with van der Waals surface area (Å²) in [6.07, 6.45) is 4.60. The molecule has 11 N–H and O–H groups in total. The van der Waals surface area contributed by atoms with Gasteiger partial charge in [-0.3, -0.25) is 9.59 Å². The summed E-state index contributed by atoms with van der Waals surface area (Å²) >= 11 is 0. The van der Waals surface area contributed by atoms with Crippen molar-refractivity contribution in [2.24, 2.45) is 11.8 Å². The van der Waals surface area contributed by atoms with Gasteiger partial charge in [0.15, 0.2) is 12.1 Å². The number of carbonyl (C=O) groups is 2. The molecular formula is C45H70O17. The summed E-state index contributed by atoms with van der Waals surface area (Å²) in [6.45, 7) is 3.35. The maximum absolute atomic E-state index is 12.5. The number of carboxylic acids is 1. The van der Waals surface area contributed by atoms with Crippen molar-refractivity contribution in [3.63, 3.8) is 0 Å². The fourth-order valence-electron chi connectivity index (χ4n) is 7.62. The average Bonchev–Trinajstić information content (AvgIpc) is 3.16. The van der Waals surface area contributed by atoms with Crippen LogP contribution in [0.5, 0.6) is 0 Å². The Morgan fingerprint density at radius 3 is 1.97 bits per heavy atom. The Kier molecular flexibility index (Phi) is 23.4. The van der Waals surface area contributed by atoms with Crippen LogP contribution < -0.4 is 0 Å². The summed E-state index contributed by atoms with van der Waals surface area (Å²) in [7, 11) is 0. The molecule has 16 atom stereocenters. The molecule has 0 aromatic heterocycles. The summed E-state index contributed by atoms with van der Waals surface area (Å²) in [4.78, 5) is 24.8. The van der Waals surface area contributed by atoms with Crippen LogP contribution >= 0.6 is 0 Å². The van der Waals surface area contributed by atoms with Crippen LogP contribution in [0.4, 0.5) is 0 Å². The Bertz CT molecular complexity index is 1510. The van der Waals surface area contributed by atoms with Gasteiger partial charge in [-0.2, -0.15) is 0 Å². The Balaban J connectivity index is 1.79. The number of esters is 1. The Morgan fingerprint density at radius 2 is 1.29 bits per heavy atom. The van der Waals surface area contributed by atoms with Crippen LogP contribution in [0.15, 0.2) is 72.9 Å². The largest absolute Gasteiger partial charge is 0.481 e. The Hall–Kier alpha value is -3.14. The van der Waals surface area contributed by atoms with Gasteiger partial charge in [-0.05, 0) is 39.0 Å². The first-order chi connectivity index (χ1) is 29.3. The predicted octanol–water partition coefficient (Wildman–Crippen LogP) is 1.36. The highest BCUT2D eigenvalue weighted by Gasteiger charge is 2.50. The van der Waals surface area contributed by atoms with E-state index >= 15 is 0 Å². The quantitative estimate of drug-likeness (QED) is 0.178. The van der Waals surface area contributed by atoms with E-state index in [-0.39, 0.29) is 51.0 Å². The number of hydrogen-bond donors (Lipinski definition) is 11.